The third kappa shape index (κ3) is 6.58. The number of rotatable bonds is 11. The molecule has 184 valence electrons. The summed E-state index contributed by atoms with van der Waals surface area (Å²) in [5, 5.41) is 28.6. The number of carbonyl (C=O) groups is 2. The highest BCUT2D eigenvalue weighted by atomic mass is 16.3. The molecule has 1 aliphatic carbocycles. The van der Waals surface area contributed by atoms with Crippen molar-refractivity contribution in [3.8, 4) is 6.07 Å². The summed E-state index contributed by atoms with van der Waals surface area (Å²) in [5.41, 5.74) is 1.54. The second-order valence-electron chi connectivity index (χ2n) is 9.50. The molecule has 2 aromatic rings. The molecule has 0 bridgehead atoms. The lowest BCUT2D eigenvalue weighted by Crippen LogP contribution is -2.50. The number of aromatic nitrogens is 1. The Kier molecular flexibility index (Phi) is 9.49. The average molecular weight is 468 g/mol. The molecule has 2 amide bonds. The van der Waals surface area contributed by atoms with E-state index in [1.165, 1.54) is 0 Å². The number of hydrogen-bond donors (Lipinski definition) is 4. The number of nitrogens with one attached hydrogen (secondary N) is 3. The number of nitriles is 1. The SMILES string of the molecule is CC(C)CC(C#N)NC(=O)C1CCCCC1NC(=O)c1cc2ccccc2n1CCNCCO. The van der Waals surface area contributed by atoms with Crippen molar-refractivity contribution in [3.63, 3.8) is 0 Å². The van der Waals surface area contributed by atoms with Gasteiger partial charge in [0.15, 0.2) is 0 Å². The van der Waals surface area contributed by atoms with Crippen LogP contribution in [-0.4, -0.2) is 53.3 Å². The van der Waals surface area contributed by atoms with Crippen LogP contribution in [0, 0.1) is 23.2 Å². The second kappa shape index (κ2) is 12.5. The van der Waals surface area contributed by atoms with E-state index < -0.39 is 6.04 Å². The molecule has 1 aromatic heterocycles. The Morgan fingerprint density at radius 2 is 1.97 bits per heavy atom. The molecule has 1 aliphatic rings. The van der Waals surface area contributed by atoms with Gasteiger partial charge in [-0.05, 0) is 37.3 Å². The molecule has 1 saturated carbocycles. The van der Waals surface area contributed by atoms with Crippen molar-refractivity contribution in [2.24, 2.45) is 11.8 Å². The summed E-state index contributed by atoms with van der Waals surface area (Å²) in [5.74, 6) is -0.377. The van der Waals surface area contributed by atoms with Crippen LogP contribution in [0.15, 0.2) is 30.3 Å². The van der Waals surface area contributed by atoms with Crippen LogP contribution >= 0.6 is 0 Å². The molecule has 8 nitrogen and oxygen atoms in total. The van der Waals surface area contributed by atoms with Crippen molar-refractivity contribution < 1.29 is 14.7 Å². The zero-order chi connectivity index (χ0) is 24.5. The minimum absolute atomic E-state index is 0.0642. The monoisotopic (exact) mass is 467 g/mol. The fourth-order valence-electron chi connectivity index (χ4n) is 4.79. The van der Waals surface area contributed by atoms with E-state index >= 15 is 0 Å². The maximum absolute atomic E-state index is 13.4. The van der Waals surface area contributed by atoms with Crippen molar-refractivity contribution in [1.82, 2.24) is 20.5 Å². The van der Waals surface area contributed by atoms with Crippen LogP contribution < -0.4 is 16.0 Å². The smallest absolute Gasteiger partial charge is 0.268 e. The van der Waals surface area contributed by atoms with E-state index in [1.807, 2.05) is 48.7 Å². The summed E-state index contributed by atoms with van der Waals surface area (Å²) >= 11 is 0. The first-order chi connectivity index (χ1) is 16.4. The van der Waals surface area contributed by atoms with Crippen LogP contribution in [0.2, 0.25) is 0 Å². The number of aliphatic hydroxyl groups is 1. The Morgan fingerprint density at radius 1 is 1.21 bits per heavy atom. The van der Waals surface area contributed by atoms with E-state index in [4.69, 9.17) is 5.11 Å². The van der Waals surface area contributed by atoms with E-state index in [2.05, 4.69) is 22.0 Å². The molecule has 4 N–H and O–H groups in total. The van der Waals surface area contributed by atoms with Crippen molar-refractivity contribution in [2.75, 3.05) is 19.7 Å². The van der Waals surface area contributed by atoms with Gasteiger partial charge in [-0.1, -0.05) is 44.9 Å². The second-order valence-corrected chi connectivity index (χ2v) is 9.50. The molecule has 1 heterocycles. The van der Waals surface area contributed by atoms with Gasteiger partial charge in [0.05, 0.1) is 18.6 Å². The van der Waals surface area contributed by atoms with Crippen LogP contribution in [0.25, 0.3) is 10.9 Å². The van der Waals surface area contributed by atoms with E-state index in [9.17, 15) is 14.9 Å². The molecule has 0 aliphatic heterocycles. The summed E-state index contributed by atoms with van der Waals surface area (Å²) in [6.07, 6.45) is 3.93. The third-order valence-electron chi connectivity index (χ3n) is 6.44. The van der Waals surface area contributed by atoms with Crippen molar-refractivity contribution in [3.05, 3.63) is 36.0 Å². The van der Waals surface area contributed by atoms with E-state index in [0.717, 1.165) is 30.2 Å². The number of hydrogen-bond acceptors (Lipinski definition) is 5. The fourth-order valence-corrected chi connectivity index (χ4v) is 4.79. The van der Waals surface area contributed by atoms with Gasteiger partial charge < -0.3 is 25.6 Å². The summed E-state index contributed by atoms with van der Waals surface area (Å²) in [6, 6.07) is 11.2. The normalized spacial score (nSPS) is 19.0. The molecular formula is C26H37N5O3. The molecule has 3 rings (SSSR count). The number of benzene rings is 1. The highest BCUT2D eigenvalue weighted by Gasteiger charge is 2.33. The molecule has 0 radical (unpaired) electrons. The Labute approximate surface area is 201 Å². The summed E-state index contributed by atoms with van der Waals surface area (Å²) < 4.78 is 1.99. The minimum atomic E-state index is -0.514. The largest absolute Gasteiger partial charge is 0.395 e. The Balaban J connectivity index is 1.75. The number of aliphatic hydroxyl groups excluding tert-OH is 1. The van der Waals surface area contributed by atoms with Crippen LogP contribution in [0.4, 0.5) is 0 Å². The number of para-hydroxylation sites is 1. The van der Waals surface area contributed by atoms with Crippen LogP contribution in [0.1, 0.15) is 56.4 Å². The number of fused-ring (bicyclic) bond motifs is 1. The van der Waals surface area contributed by atoms with Gasteiger partial charge in [0.1, 0.15) is 11.7 Å². The Bertz CT molecular complexity index is 1010. The molecule has 3 unspecified atom stereocenters. The van der Waals surface area contributed by atoms with Gasteiger partial charge in [-0.2, -0.15) is 5.26 Å². The fraction of sp³-hybridized carbons (Fsp3) is 0.577. The third-order valence-corrected chi connectivity index (χ3v) is 6.44. The predicted molar refractivity (Wildman–Crippen MR) is 132 cm³/mol. The van der Waals surface area contributed by atoms with Crippen LogP contribution in [-0.2, 0) is 11.3 Å². The minimum Gasteiger partial charge on any atom is -0.395 e. The first kappa shape index (κ1) is 25.7. The quantitative estimate of drug-likeness (QED) is 0.379. The summed E-state index contributed by atoms with van der Waals surface area (Å²) in [4.78, 5) is 26.4. The van der Waals surface area contributed by atoms with E-state index in [0.29, 0.717) is 44.1 Å². The van der Waals surface area contributed by atoms with Gasteiger partial charge >= 0.3 is 0 Å². The van der Waals surface area contributed by atoms with Gasteiger partial charge in [-0.3, -0.25) is 9.59 Å². The van der Waals surface area contributed by atoms with Gasteiger partial charge in [0, 0.05) is 36.6 Å². The molecule has 1 aromatic carbocycles. The standard InChI is InChI=1S/C26H37N5O3/c1-18(2)15-20(17-27)29-25(33)21-8-4-5-9-22(21)30-26(34)24-16-19-7-3-6-10-23(19)31(24)13-11-28-12-14-32/h3,6-7,10,16,18,20-22,28,32H,4-5,8-9,11-15H2,1-2H3,(H,29,33)(H,30,34). The van der Waals surface area contributed by atoms with Gasteiger partial charge in [-0.15, -0.1) is 0 Å². The molecular weight excluding hydrogens is 430 g/mol. The average Bonchev–Trinajstić information content (AvgIpc) is 3.20. The van der Waals surface area contributed by atoms with Crippen molar-refractivity contribution in [1.29, 1.82) is 5.26 Å². The molecule has 8 heteroatoms. The van der Waals surface area contributed by atoms with Crippen molar-refractivity contribution in [2.45, 2.75) is 64.6 Å². The van der Waals surface area contributed by atoms with Gasteiger partial charge in [0.25, 0.3) is 5.91 Å². The van der Waals surface area contributed by atoms with Crippen molar-refractivity contribution >= 4 is 22.7 Å². The number of carbonyl (C=O) groups excluding carboxylic acids is 2. The summed E-state index contributed by atoms with van der Waals surface area (Å²) in [7, 11) is 0. The lowest BCUT2D eigenvalue weighted by molar-refractivity contribution is -0.127. The topological polar surface area (TPSA) is 119 Å². The lowest BCUT2D eigenvalue weighted by Gasteiger charge is -2.32. The number of amides is 2. The number of nitrogens with zero attached hydrogens (tertiary/aromatic N) is 2. The lowest BCUT2D eigenvalue weighted by atomic mass is 9.83. The first-order valence-corrected chi connectivity index (χ1v) is 12.3. The Hall–Kier alpha value is -2.89. The molecule has 1 fully saturated rings. The highest BCUT2D eigenvalue weighted by molar-refractivity contribution is 5.99. The zero-order valence-corrected chi connectivity index (χ0v) is 20.2. The predicted octanol–water partition coefficient (Wildman–Crippen LogP) is 2.57. The van der Waals surface area contributed by atoms with E-state index in [-0.39, 0.29) is 30.4 Å². The first-order valence-electron chi connectivity index (χ1n) is 12.3. The molecule has 0 spiro atoms. The maximum Gasteiger partial charge on any atom is 0.268 e. The van der Waals surface area contributed by atoms with E-state index in [1.54, 1.807) is 0 Å². The maximum atomic E-state index is 13.4. The molecule has 34 heavy (non-hydrogen) atoms. The van der Waals surface area contributed by atoms with Crippen LogP contribution in [0.3, 0.4) is 0 Å². The zero-order valence-electron chi connectivity index (χ0n) is 20.2. The molecule has 0 saturated heterocycles. The van der Waals surface area contributed by atoms with Gasteiger partial charge in [0.2, 0.25) is 5.91 Å². The summed E-state index contributed by atoms with van der Waals surface area (Å²) in [6.45, 7) is 5.83. The van der Waals surface area contributed by atoms with Crippen LogP contribution in [0.5, 0.6) is 0 Å². The van der Waals surface area contributed by atoms with Gasteiger partial charge in [-0.25, -0.2) is 0 Å². The Morgan fingerprint density at radius 3 is 2.71 bits per heavy atom. The molecule has 3 atom stereocenters. The highest BCUT2D eigenvalue weighted by Crippen LogP contribution is 2.26.